The molecule has 3 rings (SSSR count). The minimum absolute atomic E-state index is 0. The van der Waals surface area contributed by atoms with Gasteiger partial charge < -0.3 is 10.6 Å². The molecule has 0 aromatic heterocycles. The van der Waals surface area contributed by atoms with Crippen LogP contribution in [0.3, 0.4) is 0 Å². The van der Waals surface area contributed by atoms with Gasteiger partial charge in [-0.1, -0.05) is 25.7 Å². The van der Waals surface area contributed by atoms with Crippen molar-refractivity contribution >= 4 is 30.1 Å². The molecule has 1 fully saturated rings. The van der Waals surface area contributed by atoms with Crippen molar-refractivity contribution in [2.24, 2.45) is 0 Å². The highest BCUT2D eigenvalue weighted by Gasteiger charge is 2.27. The Morgan fingerprint density at radius 1 is 1.00 bits per heavy atom. The van der Waals surface area contributed by atoms with E-state index in [2.05, 4.69) is 16.0 Å². The van der Waals surface area contributed by atoms with E-state index in [0.717, 1.165) is 6.54 Å². The molecule has 3 amide bonds. The summed E-state index contributed by atoms with van der Waals surface area (Å²) in [5, 5.41) is 8.58. The third kappa shape index (κ3) is 4.80. The Bertz CT molecular complexity index is 655. The summed E-state index contributed by atoms with van der Waals surface area (Å²) in [5.41, 5.74) is 0.990. The SMILES string of the molecule is Cl.O=C(NCCNC1CCCCCC1)c1ccc2c(c1)C(=O)NC2=O. The van der Waals surface area contributed by atoms with Crippen LogP contribution in [0.4, 0.5) is 0 Å². The Morgan fingerprint density at radius 2 is 1.68 bits per heavy atom. The monoisotopic (exact) mass is 365 g/mol. The Labute approximate surface area is 153 Å². The lowest BCUT2D eigenvalue weighted by Gasteiger charge is -2.16. The van der Waals surface area contributed by atoms with Gasteiger partial charge in [0.15, 0.2) is 0 Å². The number of amides is 3. The second-order valence-electron chi connectivity index (χ2n) is 6.44. The third-order valence-corrected chi connectivity index (χ3v) is 4.70. The zero-order valence-electron chi connectivity index (χ0n) is 14.1. The smallest absolute Gasteiger partial charge is 0.258 e. The van der Waals surface area contributed by atoms with Crippen LogP contribution < -0.4 is 16.0 Å². The molecule has 0 radical (unpaired) electrons. The molecule has 0 bridgehead atoms. The van der Waals surface area contributed by atoms with Gasteiger partial charge in [-0.15, -0.1) is 12.4 Å². The minimum atomic E-state index is -0.445. The first-order chi connectivity index (χ1) is 11.6. The fraction of sp³-hybridized carbons (Fsp3) is 0.500. The number of nitrogens with one attached hydrogen (secondary N) is 3. The predicted molar refractivity (Wildman–Crippen MR) is 97.3 cm³/mol. The number of halogens is 1. The van der Waals surface area contributed by atoms with Gasteiger partial charge in [-0.25, -0.2) is 0 Å². The van der Waals surface area contributed by atoms with E-state index >= 15 is 0 Å². The topological polar surface area (TPSA) is 87.3 Å². The number of hydrogen-bond donors (Lipinski definition) is 3. The van der Waals surface area contributed by atoms with Crippen molar-refractivity contribution in [3.63, 3.8) is 0 Å². The molecule has 1 saturated carbocycles. The number of imide groups is 1. The molecule has 0 spiro atoms. The summed E-state index contributed by atoms with van der Waals surface area (Å²) in [4.78, 5) is 35.3. The molecule has 0 unspecified atom stereocenters. The van der Waals surface area contributed by atoms with Gasteiger partial charge in [-0.2, -0.15) is 0 Å². The molecule has 2 aliphatic rings. The molecule has 1 aromatic rings. The largest absolute Gasteiger partial charge is 0.351 e. The quantitative estimate of drug-likeness (QED) is 0.423. The Morgan fingerprint density at radius 3 is 2.40 bits per heavy atom. The molecule has 136 valence electrons. The zero-order valence-corrected chi connectivity index (χ0v) is 14.9. The molecule has 0 saturated heterocycles. The summed E-state index contributed by atoms with van der Waals surface area (Å²) in [6.07, 6.45) is 7.62. The predicted octanol–water partition coefficient (Wildman–Crippen LogP) is 2.03. The third-order valence-electron chi connectivity index (χ3n) is 4.70. The minimum Gasteiger partial charge on any atom is -0.351 e. The Kier molecular flexibility index (Phi) is 6.96. The van der Waals surface area contributed by atoms with Crippen LogP contribution in [-0.4, -0.2) is 36.9 Å². The van der Waals surface area contributed by atoms with E-state index < -0.39 is 11.8 Å². The molecule has 7 heteroatoms. The van der Waals surface area contributed by atoms with Crippen LogP contribution in [0, 0.1) is 0 Å². The maximum Gasteiger partial charge on any atom is 0.258 e. The molecule has 25 heavy (non-hydrogen) atoms. The van der Waals surface area contributed by atoms with Crippen LogP contribution in [-0.2, 0) is 0 Å². The fourth-order valence-electron chi connectivity index (χ4n) is 3.35. The highest BCUT2D eigenvalue weighted by Crippen LogP contribution is 2.18. The molecule has 1 aliphatic carbocycles. The number of rotatable bonds is 5. The molecule has 1 heterocycles. The zero-order chi connectivity index (χ0) is 16.9. The lowest BCUT2D eigenvalue weighted by Crippen LogP contribution is -2.36. The van der Waals surface area contributed by atoms with Gasteiger partial charge in [0.25, 0.3) is 17.7 Å². The highest BCUT2D eigenvalue weighted by molar-refractivity contribution is 6.22. The first-order valence-corrected chi connectivity index (χ1v) is 8.66. The van der Waals surface area contributed by atoms with Gasteiger partial charge in [0.05, 0.1) is 11.1 Å². The van der Waals surface area contributed by atoms with Crippen LogP contribution in [0.2, 0.25) is 0 Å². The lowest BCUT2D eigenvalue weighted by molar-refractivity contribution is 0.0878. The van der Waals surface area contributed by atoms with E-state index in [0.29, 0.717) is 23.7 Å². The second-order valence-corrected chi connectivity index (χ2v) is 6.44. The van der Waals surface area contributed by atoms with Gasteiger partial charge >= 0.3 is 0 Å². The normalized spacial score (nSPS) is 17.3. The molecule has 1 aliphatic heterocycles. The van der Waals surface area contributed by atoms with Gasteiger partial charge in [-0.3, -0.25) is 19.7 Å². The van der Waals surface area contributed by atoms with Crippen molar-refractivity contribution < 1.29 is 14.4 Å². The van der Waals surface area contributed by atoms with Crippen molar-refractivity contribution in [1.82, 2.24) is 16.0 Å². The Hall–Kier alpha value is -1.92. The maximum atomic E-state index is 12.2. The molecular weight excluding hydrogens is 342 g/mol. The number of benzene rings is 1. The first-order valence-electron chi connectivity index (χ1n) is 8.66. The average molecular weight is 366 g/mol. The molecule has 0 atom stereocenters. The van der Waals surface area contributed by atoms with Crippen LogP contribution >= 0.6 is 12.4 Å². The standard InChI is InChI=1S/C18H23N3O3.ClH/c22-16(20-10-9-19-13-5-3-1-2-4-6-13)12-7-8-14-15(11-12)18(24)21-17(14)23;/h7-8,11,13,19H,1-6,9-10H2,(H,20,22)(H,21,23,24);1H. The second kappa shape index (κ2) is 8.97. The van der Waals surface area contributed by atoms with E-state index in [-0.39, 0.29) is 23.9 Å². The van der Waals surface area contributed by atoms with Crippen molar-refractivity contribution in [1.29, 1.82) is 0 Å². The van der Waals surface area contributed by atoms with Crippen molar-refractivity contribution in [2.75, 3.05) is 13.1 Å². The van der Waals surface area contributed by atoms with Crippen LogP contribution in [0.25, 0.3) is 0 Å². The van der Waals surface area contributed by atoms with Crippen LogP contribution in [0.1, 0.15) is 69.6 Å². The summed E-state index contributed by atoms with van der Waals surface area (Å²) in [5.74, 6) is -1.08. The van der Waals surface area contributed by atoms with Crippen molar-refractivity contribution in [3.8, 4) is 0 Å². The highest BCUT2D eigenvalue weighted by atomic mass is 35.5. The van der Waals surface area contributed by atoms with E-state index in [1.54, 1.807) is 6.07 Å². The first kappa shape index (κ1) is 19.4. The number of carbonyl (C=O) groups excluding carboxylic acids is 3. The van der Waals surface area contributed by atoms with Crippen molar-refractivity contribution in [2.45, 2.75) is 44.6 Å². The molecular formula is C18H24ClN3O3. The number of fused-ring (bicyclic) bond motifs is 1. The summed E-state index contributed by atoms with van der Waals surface area (Å²) in [6, 6.07) is 5.13. The summed E-state index contributed by atoms with van der Waals surface area (Å²) >= 11 is 0. The van der Waals surface area contributed by atoms with Gasteiger partial charge in [-0.05, 0) is 31.0 Å². The number of hydrogen-bond acceptors (Lipinski definition) is 4. The van der Waals surface area contributed by atoms with E-state index in [1.807, 2.05) is 0 Å². The summed E-state index contributed by atoms with van der Waals surface area (Å²) in [6.45, 7) is 1.28. The summed E-state index contributed by atoms with van der Waals surface area (Å²) < 4.78 is 0. The van der Waals surface area contributed by atoms with Crippen LogP contribution in [0.15, 0.2) is 18.2 Å². The number of carbonyl (C=O) groups is 3. The maximum absolute atomic E-state index is 12.2. The van der Waals surface area contributed by atoms with E-state index in [1.165, 1.54) is 50.7 Å². The van der Waals surface area contributed by atoms with Gasteiger partial charge in [0.1, 0.15) is 0 Å². The van der Waals surface area contributed by atoms with Crippen LogP contribution in [0.5, 0.6) is 0 Å². The fourth-order valence-corrected chi connectivity index (χ4v) is 3.35. The molecule has 3 N–H and O–H groups in total. The van der Waals surface area contributed by atoms with Crippen molar-refractivity contribution in [3.05, 3.63) is 34.9 Å². The average Bonchev–Trinajstić information content (AvgIpc) is 2.77. The lowest BCUT2D eigenvalue weighted by atomic mass is 10.1. The summed E-state index contributed by atoms with van der Waals surface area (Å²) in [7, 11) is 0. The molecule has 1 aromatic carbocycles. The Balaban J connectivity index is 0.00000225. The van der Waals surface area contributed by atoms with Gasteiger partial charge in [0.2, 0.25) is 0 Å². The van der Waals surface area contributed by atoms with E-state index in [9.17, 15) is 14.4 Å². The van der Waals surface area contributed by atoms with Gasteiger partial charge in [0, 0.05) is 24.7 Å². The van der Waals surface area contributed by atoms with E-state index in [4.69, 9.17) is 0 Å². The molecule has 6 nitrogen and oxygen atoms in total.